The minimum Gasteiger partial charge on any atom is -0.340 e. The third-order valence-corrected chi connectivity index (χ3v) is 4.53. The van der Waals surface area contributed by atoms with Gasteiger partial charge in [-0.1, -0.05) is 12.1 Å². The van der Waals surface area contributed by atoms with Gasteiger partial charge in [-0.2, -0.15) is 0 Å². The molecular weight excluding hydrogens is 338 g/mol. The van der Waals surface area contributed by atoms with Gasteiger partial charge in [0.25, 0.3) is 0 Å². The summed E-state index contributed by atoms with van der Waals surface area (Å²) in [5.74, 6) is 1.39. The van der Waals surface area contributed by atoms with Gasteiger partial charge in [0.1, 0.15) is 5.82 Å². The van der Waals surface area contributed by atoms with Crippen LogP contribution < -0.4 is 10.6 Å². The average Bonchev–Trinajstić information content (AvgIpc) is 3.08. The molecule has 1 amide bonds. The maximum Gasteiger partial charge on any atom is 0.228 e. The first-order valence-corrected chi connectivity index (χ1v) is 8.63. The van der Waals surface area contributed by atoms with Crippen LogP contribution in [0.5, 0.6) is 0 Å². The highest BCUT2D eigenvalue weighted by Gasteiger charge is 2.18. The van der Waals surface area contributed by atoms with Crippen molar-refractivity contribution in [2.75, 3.05) is 10.6 Å². The van der Waals surface area contributed by atoms with Crippen LogP contribution in [0.1, 0.15) is 5.56 Å². The lowest BCUT2D eigenvalue weighted by molar-refractivity contribution is -0.115. The van der Waals surface area contributed by atoms with Gasteiger partial charge < -0.3 is 10.6 Å². The summed E-state index contributed by atoms with van der Waals surface area (Å²) in [4.78, 5) is 25.1. The number of rotatable bonds is 3. The molecule has 0 bridgehead atoms. The second-order valence-corrected chi connectivity index (χ2v) is 6.37. The highest BCUT2D eigenvalue weighted by molar-refractivity contribution is 6.00. The van der Waals surface area contributed by atoms with E-state index < -0.39 is 0 Å². The van der Waals surface area contributed by atoms with Crippen LogP contribution in [0, 0.1) is 0 Å². The molecule has 5 rings (SSSR count). The van der Waals surface area contributed by atoms with Crippen molar-refractivity contribution >= 4 is 34.0 Å². The second-order valence-electron chi connectivity index (χ2n) is 6.37. The number of nitrogens with zero attached hydrogens (tertiary/aromatic N) is 3. The van der Waals surface area contributed by atoms with Gasteiger partial charge in [0.15, 0.2) is 5.82 Å². The fourth-order valence-electron chi connectivity index (χ4n) is 3.25. The van der Waals surface area contributed by atoms with Crippen LogP contribution in [0.25, 0.3) is 22.3 Å². The molecule has 0 fully saturated rings. The number of nitrogens with one attached hydrogen (secondary N) is 2. The third kappa shape index (κ3) is 2.87. The van der Waals surface area contributed by atoms with Crippen LogP contribution in [0.3, 0.4) is 0 Å². The number of hydrogen-bond donors (Lipinski definition) is 2. The minimum absolute atomic E-state index is 0.0228. The molecule has 2 aromatic heterocycles. The maximum atomic E-state index is 11.6. The van der Waals surface area contributed by atoms with Crippen LogP contribution >= 0.6 is 0 Å². The Morgan fingerprint density at radius 2 is 1.81 bits per heavy atom. The number of para-hydroxylation sites is 1. The Morgan fingerprint density at radius 1 is 0.963 bits per heavy atom. The molecule has 130 valence electrons. The van der Waals surface area contributed by atoms with E-state index in [9.17, 15) is 4.79 Å². The van der Waals surface area contributed by atoms with Crippen molar-refractivity contribution in [3.63, 3.8) is 0 Å². The average molecular weight is 353 g/mol. The third-order valence-electron chi connectivity index (χ3n) is 4.53. The fraction of sp³-hybridized carbons (Fsp3) is 0.0476. The Labute approximate surface area is 155 Å². The lowest BCUT2D eigenvalue weighted by atomic mass is 10.1. The number of carbonyl (C=O) groups excluding carboxylic acids is 1. The van der Waals surface area contributed by atoms with Crippen molar-refractivity contribution in [2.45, 2.75) is 6.42 Å². The molecule has 6 nitrogen and oxygen atoms in total. The van der Waals surface area contributed by atoms with Crippen molar-refractivity contribution in [2.24, 2.45) is 0 Å². The SMILES string of the molecule is O=C1Cc2cc(Nc3nc(-c4ccncc4)nc4ccccc34)ccc2N1. The van der Waals surface area contributed by atoms with Crippen molar-refractivity contribution in [3.05, 3.63) is 72.6 Å². The Kier molecular flexibility index (Phi) is 3.53. The van der Waals surface area contributed by atoms with Crippen LogP contribution in [0.2, 0.25) is 0 Å². The molecular formula is C21H15N5O. The van der Waals surface area contributed by atoms with E-state index in [1.165, 1.54) is 0 Å². The van der Waals surface area contributed by atoms with Gasteiger partial charge >= 0.3 is 0 Å². The predicted octanol–water partition coefficient (Wildman–Crippen LogP) is 3.93. The zero-order chi connectivity index (χ0) is 18.2. The number of benzene rings is 2. The van der Waals surface area contributed by atoms with Gasteiger partial charge in [-0.15, -0.1) is 0 Å². The standard InChI is InChI=1S/C21H15N5O/c27-19-12-14-11-15(5-6-17(14)24-19)23-21-16-3-1-2-4-18(16)25-20(26-21)13-7-9-22-10-8-13/h1-11H,12H2,(H,24,27)(H,23,25,26). The van der Waals surface area contributed by atoms with Gasteiger partial charge in [-0.3, -0.25) is 9.78 Å². The molecule has 6 heteroatoms. The molecule has 4 aromatic rings. The summed E-state index contributed by atoms with van der Waals surface area (Å²) in [6.45, 7) is 0. The van der Waals surface area contributed by atoms with Crippen LogP contribution in [-0.2, 0) is 11.2 Å². The normalized spacial score (nSPS) is 12.7. The lowest BCUT2D eigenvalue weighted by Gasteiger charge is -2.12. The first-order chi connectivity index (χ1) is 13.3. The van der Waals surface area contributed by atoms with E-state index in [0.29, 0.717) is 12.2 Å². The second kappa shape index (κ2) is 6.17. The van der Waals surface area contributed by atoms with E-state index in [1.54, 1.807) is 12.4 Å². The van der Waals surface area contributed by atoms with Crippen molar-refractivity contribution in [1.82, 2.24) is 15.0 Å². The quantitative estimate of drug-likeness (QED) is 0.583. The Morgan fingerprint density at radius 3 is 2.70 bits per heavy atom. The van der Waals surface area contributed by atoms with Crippen molar-refractivity contribution < 1.29 is 4.79 Å². The van der Waals surface area contributed by atoms with Gasteiger partial charge in [-0.05, 0) is 48.0 Å². The Balaban J connectivity index is 1.60. The summed E-state index contributed by atoms with van der Waals surface area (Å²) in [6.07, 6.45) is 3.86. The summed E-state index contributed by atoms with van der Waals surface area (Å²) >= 11 is 0. The van der Waals surface area contributed by atoms with Gasteiger partial charge in [0.05, 0.1) is 11.9 Å². The van der Waals surface area contributed by atoms with E-state index in [0.717, 1.165) is 39.2 Å². The summed E-state index contributed by atoms with van der Waals surface area (Å²) in [5.41, 5.74) is 4.51. The van der Waals surface area contributed by atoms with E-state index in [1.807, 2.05) is 54.6 Å². The number of amides is 1. The molecule has 0 saturated heterocycles. The largest absolute Gasteiger partial charge is 0.340 e. The van der Waals surface area contributed by atoms with Gasteiger partial charge in [0.2, 0.25) is 5.91 Å². The first-order valence-electron chi connectivity index (χ1n) is 8.63. The number of aromatic nitrogens is 3. The number of anilines is 3. The first kappa shape index (κ1) is 15.5. The van der Waals surface area contributed by atoms with E-state index in [4.69, 9.17) is 4.98 Å². The van der Waals surface area contributed by atoms with Crippen molar-refractivity contribution in [3.8, 4) is 11.4 Å². The molecule has 0 unspecified atom stereocenters. The number of pyridine rings is 1. The van der Waals surface area contributed by atoms with Crippen LogP contribution in [0.4, 0.5) is 17.2 Å². The Hall–Kier alpha value is -3.80. The molecule has 0 saturated carbocycles. The highest BCUT2D eigenvalue weighted by atomic mass is 16.1. The molecule has 1 aliphatic heterocycles. The topological polar surface area (TPSA) is 79.8 Å². The summed E-state index contributed by atoms with van der Waals surface area (Å²) < 4.78 is 0. The molecule has 27 heavy (non-hydrogen) atoms. The monoisotopic (exact) mass is 353 g/mol. The molecule has 0 aliphatic carbocycles. The molecule has 0 spiro atoms. The molecule has 0 radical (unpaired) electrons. The van der Waals surface area contributed by atoms with Gasteiger partial charge in [-0.25, -0.2) is 9.97 Å². The summed E-state index contributed by atoms with van der Waals surface area (Å²) in [7, 11) is 0. The molecule has 3 heterocycles. The zero-order valence-electron chi connectivity index (χ0n) is 14.3. The molecule has 0 atom stereocenters. The number of fused-ring (bicyclic) bond motifs is 2. The smallest absolute Gasteiger partial charge is 0.228 e. The lowest BCUT2D eigenvalue weighted by Crippen LogP contribution is -2.03. The Bertz CT molecular complexity index is 1170. The fourth-order valence-corrected chi connectivity index (χ4v) is 3.25. The molecule has 1 aliphatic rings. The van der Waals surface area contributed by atoms with Crippen LogP contribution in [-0.4, -0.2) is 20.9 Å². The van der Waals surface area contributed by atoms with E-state index in [-0.39, 0.29) is 5.91 Å². The molecule has 2 aromatic carbocycles. The summed E-state index contributed by atoms with van der Waals surface area (Å²) in [6, 6.07) is 17.5. The van der Waals surface area contributed by atoms with E-state index >= 15 is 0 Å². The highest BCUT2D eigenvalue weighted by Crippen LogP contribution is 2.30. The van der Waals surface area contributed by atoms with Crippen molar-refractivity contribution in [1.29, 1.82) is 0 Å². The number of hydrogen-bond acceptors (Lipinski definition) is 5. The molecule has 2 N–H and O–H groups in total. The predicted molar refractivity (Wildman–Crippen MR) is 105 cm³/mol. The van der Waals surface area contributed by atoms with E-state index in [2.05, 4.69) is 20.6 Å². The maximum absolute atomic E-state index is 11.6. The van der Waals surface area contributed by atoms with Gasteiger partial charge in [0, 0.05) is 34.7 Å². The number of carbonyl (C=O) groups is 1. The zero-order valence-corrected chi connectivity index (χ0v) is 14.3. The van der Waals surface area contributed by atoms with Crippen LogP contribution in [0.15, 0.2) is 67.0 Å². The minimum atomic E-state index is 0.0228. The summed E-state index contributed by atoms with van der Waals surface area (Å²) in [5, 5.41) is 7.18.